The minimum absolute atomic E-state index is 0.144. The molecular weight excluding hydrogens is 428 g/mol. The Morgan fingerprint density at radius 1 is 0.912 bits per heavy atom. The molecule has 1 aromatic heterocycles. The van der Waals surface area contributed by atoms with Gasteiger partial charge in [-0.2, -0.15) is 0 Å². The molecule has 1 saturated heterocycles. The van der Waals surface area contributed by atoms with Crippen molar-refractivity contribution in [3.05, 3.63) is 88.9 Å². The summed E-state index contributed by atoms with van der Waals surface area (Å²) >= 11 is 0. The Morgan fingerprint density at radius 3 is 2.38 bits per heavy atom. The average Bonchev–Trinajstić information content (AvgIpc) is 3.33. The first-order valence-electron chi connectivity index (χ1n) is 11.9. The zero-order valence-electron chi connectivity index (χ0n) is 20.0. The van der Waals surface area contributed by atoms with Crippen LogP contribution in [0.4, 0.5) is 0 Å². The third-order valence-corrected chi connectivity index (χ3v) is 6.19. The van der Waals surface area contributed by atoms with Gasteiger partial charge < -0.3 is 19.0 Å². The van der Waals surface area contributed by atoms with Crippen LogP contribution in [-0.2, 0) is 17.8 Å². The Kier molecular flexibility index (Phi) is 7.68. The molecule has 4 rings (SSSR count). The quantitative estimate of drug-likeness (QED) is 0.485. The average molecular weight is 461 g/mol. The van der Waals surface area contributed by atoms with Gasteiger partial charge in [0.05, 0.1) is 0 Å². The van der Waals surface area contributed by atoms with Crippen molar-refractivity contribution in [2.45, 2.75) is 39.7 Å². The number of aryl methyl sites for hydroxylation is 3. The van der Waals surface area contributed by atoms with Crippen LogP contribution in [0, 0.1) is 13.8 Å². The van der Waals surface area contributed by atoms with E-state index in [1.54, 1.807) is 17.0 Å². The zero-order chi connectivity index (χ0) is 23.9. The number of benzene rings is 2. The van der Waals surface area contributed by atoms with Gasteiger partial charge in [0, 0.05) is 32.6 Å². The SMILES string of the molecule is Cc1ccc(OCc2ccc(C(=O)N3CCN(C(=O)CCCc4ccccc4)CC3)o2)c(C)c1. The molecule has 34 heavy (non-hydrogen) atoms. The van der Waals surface area contributed by atoms with Crippen LogP contribution >= 0.6 is 0 Å². The van der Waals surface area contributed by atoms with Gasteiger partial charge in [-0.25, -0.2) is 0 Å². The summed E-state index contributed by atoms with van der Waals surface area (Å²) in [5.41, 5.74) is 3.50. The molecule has 6 nitrogen and oxygen atoms in total. The second-order valence-corrected chi connectivity index (χ2v) is 8.84. The third kappa shape index (κ3) is 6.07. The molecule has 178 valence electrons. The highest BCUT2D eigenvalue weighted by molar-refractivity contribution is 5.91. The lowest BCUT2D eigenvalue weighted by Crippen LogP contribution is -2.50. The lowest BCUT2D eigenvalue weighted by molar-refractivity contribution is -0.132. The lowest BCUT2D eigenvalue weighted by Gasteiger charge is -2.34. The standard InChI is InChI=1S/C28H32N2O4/c1-21-11-13-25(22(2)19-21)33-20-24-12-14-26(34-24)28(32)30-17-15-29(16-18-30)27(31)10-6-9-23-7-4-3-5-8-23/h3-5,7-8,11-14,19H,6,9-10,15-18,20H2,1-2H3. The number of rotatable bonds is 8. The molecule has 0 saturated carbocycles. The number of hydrogen-bond donors (Lipinski definition) is 0. The lowest BCUT2D eigenvalue weighted by atomic mass is 10.1. The number of carbonyl (C=O) groups is 2. The summed E-state index contributed by atoms with van der Waals surface area (Å²) in [6.45, 7) is 6.45. The Morgan fingerprint density at radius 2 is 1.65 bits per heavy atom. The van der Waals surface area contributed by atoms with E-state index in [-0.39, 0.29) is 18.4 Å². The molecule has 0 unspecified atom stereocenters. The van der Waals surface area contributed by atoms with E-state index in [9.17, 15) is 9.59 Å². The minimum Gasteiger partial charge on any atom is -0.485 e. The summed E-state index contributed by atoms with van der Waals surface area (Å²) in [6.07, 6.45) is 2.27. The van der Waals surface area contributed by atoms with Crippen LogP contribution in [0.15, 0.2) is 65.1 Å². The Hall–Kier alpha value is -3.54. The van der Waals surface area contributed by atoms with E-state index in [0.717, 1.165) is 24.2 Å². The maximum atomic E-state index is 12.9. The maximum absolute atomic E-state index is 12.9. The summed E-state index contributed by atoms with van der Waals surface area (Å²) in [4.78, 5) is 29.0. The van der Waals surface area contributed by atoms with E-state index in [4.69, 9.17) is 9.15 Å². The largest absolute Gasteiger partial charge is 0.485 e. The number of piperazine rings is 1. The van der Waals surface area contributed by atoms with E-state index >= 15 is 0 Å². The minimum atomic E-state index is -0.144. The summed E-state index contributed by atoms with van der Waals surface area (Å²) < 4.78 is 11.6. The highest BCUT2D eigenvalue weighted by Crippen LogP contribution is 2.21. The van der Waals surface area contributed by atoms with Crippen molar-refractivity contribution < 1.29 is 18.7 Å². The molecule has 0 spiro atoms. The van der Waals surface area contributed by atoms with Crippen LogP contribution in [0.3, 0.4) is 0 Å². The van der Waals surface area contributed by atoms with Gasteiger partial charge in [0.1, 0.15) is 18.1 Å². The van der Waals surface area contributed by atoms with Crippen molar-refractivity contribution in [1.29, 1.82) is 0 Å². The van der Waals surface area contributed by atoms with Crippen LogP contribution in [0.5, 0.6) is 5.75 Å². The van der Waals surface area contributed by atoms with E-state index in [0.29, 0.717) is 44.1 Å². The van der Waals surface area contributed by atoms with Gasteiger partial charge in [0.25, 0.3) is 5.91 Å². The first-order valence-corrected chi connectivity index (χ1v) is 11.9. The Labute approximate surface area is 201 Å². The predicted molar refractivity (Wildman–Crippen MR) is 131 cm³/mol. The third-order valence-electron chi connectivity index (χ3n) is 6.19. The Bertz CT molecular complexity index is 1110. The van der Waals surface area contributed by atoms with E-state index in [1.165, 1.54) is 11.1 Å². The van der Waals surface area contributed by atoms with E-state index in [2.05, 4.69) is 18.2 Å². The highest BCUT2D eigenvalue weighted by atomic mass is 16.5. The van der Waals surface area contributed by atoms with Crippen molar-refractivity contribution in [2.24, 2.45) is 0 Å². The molecule has 0 atom stereocenters. The number of carbonyl (C=O) groups excluding carboxylic acids is 2. The number of hydrogen-bond acceptors (Lipinski definition) is 4. The molecule has 0 aliphatic carbocycles. The van der Waals surface area contributed by atoms with Crippen molar-refractivity contribution in [1.82, 2.24) is 9.80 Å². The van der Waals surface area contributed by atoms with Gasteiger partial charge >= 0.3 is 0 Å². The van der Waals surface area contributed by atoms with Crippen LogP contribution in [-0.4, -0.2) is 47.8 Å². The number of nitrogens with zero attached hydrogens (tertiary/aromatic N) is 2. The summed E-state index contributed by atoms with van der Waals surface area (Å²) in [5.74, 6) is 1.73. The predicted octanol–water partition coefficient (Wildman–Crippen LogP) is 4.78. The van der Waals surface area contributed by atoms with Crippen LogP contribution in [0.2, 0.25) is 0 Å². The van der Waals surface area contributed by atoms with Crippen molar-refractivity contribution in [3.63, 3.8) is 0 Å². The van der Waals surface area contributed by atoms with Gasteiger partial charge in [-0.05, 0) is 56.0 Å². The molecule has 3 aromatic rings. The summed E-state index contributed by atoms with van der Waals surface area (Å²) in [6, 6.07) is 19.7. The first-order chi connectivity index (χ1) is 16.5. The second-order valence-electron chi connectivity index (χ2n) is 8.84. The van der Waals surface area contributed by atoms with Crippen molar-refractivity contribution in [3.8, 4) is 5.75 Å². The molecule has 0 bridgehead atoms. The van der Waals surface area contributed by atoms with Crippen LogP contribution in [0.25, 0.3) is 0 Å². The fraction of sp³-hybridized carbons (Fsp3) is 0.357. The van der Waals surface area contributed by atoms with Crippen LogP contribution in [0.1, 0.15) is 45.8 Å². The van der Waals surface area contributed by atoms with Gasteiger partial charge in [-0.1, -0.05) is 48.0 Å². The molecule has 1 aliphatic rings. The molecular formula is C28H32N2O4. The second kappa shape index (κ2) is 11.1. The maximum Gasteiger partial charge on any atom is 0.289 e. The van der Waals surface area contributed by atoms with Gasteiger partial charge in [0.2, 0.25) is 5.91 Å². The monoisotopic (exact) mass is 460 g/mol. The van der Waals surface area contributed by atoms with Gasteiger partial charge in [-0.15, -0.1) is 0 Å². The molecule has 2 amide bonds. The molecule has 1 fully saturated rings. The molecule has 6 heteroatoms. The zero-order valence-corrected chi connectivity index (χ0v) is 20.0. The van der Waals surface area contributed by atoms with E-state index in [1.807, 2.05) is 49.1 Å². The summed E-state index contributed by atoms with van der Waals surface area (Å²) in [7, 11) is 0. The van der Waals surface area contributed by atoms with Crippen LogP contribution < -0.4 is 4.74 Å². The molecule has 2 aromatic carbocycles. The molecule has 1 aliphatic heterocycles. The van der Waals surface area contributed by atoms with Crippen molar-refractivity contribution in [2.75, 3.05) is 26.2 Å². The summed E-state index contributed by atoms with van der Waals surface area (Å²) in [5, 5.41) is 0. The van der Waals surface area contributed by atoms with Crippen molar-refractivity contribution >= 4 is 11.8 Å². The molecule has 0 N–H and O–H groups in total. The van der Waals surface area contributed by atoms with E-state index < -0.39 is 0 Å². The van der Waals surface area contributed by atoms with Gasteiger partial charge in [-0.3, -0.25) is 9.59 Å². The van der Waals surface area contributed by atoms with Gasteiger partial charge in [0.15, 0.2) is 5.76 Å². The smallest absolute Gasteiger partial charge is 0.289 e. The molecule has 2 heterocycles. The fourth-order valence-corrected chi connectivity index (χ4v) is 4.24. The molecule has 0 radical (unpaired) electrons. The topological polar surface area (TPSA) is 63.0 Å². The number of ether oxygens (including phenoxy) is 1. The Balaban J connectivity index is 1.22. The normalized spacial score (nSPS) is 13.7. The fourth-order valence-electron chi connectivity index (χ4n) is 4.24. The number of amides is 2. The number of furan rings is 1. The highest BCUT2D eigenvalue weighted by Gasteiger charge is 2.26. The first kappa shape index (κ1) is 23.6.